The number of hydrogen-bond acceptors (Lipinski definition) is 2. The molecular formula is C14H25NO. The second-order valence-electron chi connectivity index (χ2n) is 5.84. The molecule has 1 atom stereocenters. The summed E-state index contributed by atoms with van der Waals surface area (Å²) < 4.78 is 0. The molecule has 16 heavy (non-hydrogen) atoms. The van der Waals surface area contributed by atoms with Crippen molar-refractivity contribution in [1.29, 1.82) is 0 Å². The van der Waals surface area contributed by atoms with E-state index in [1.165, 1.54) is 51.5 Å². The van der Waals surface area contributed by atoms with Crippen molar-refractivity contribution in [1.82, 2.24) is 4.90 Å². The average molecular weight is 223 g/mol. The molecule has 0 aromatic rings. The molecular weight excluding hydrogens is 198 g/mol. The second-order valence-corrected chi connectivity index (χ2v) is 5.84. The number of hydrogen-bond donors (Lipinski definition) is 0. The molecule has 1 saturated carbocycles. The molecule has 1 aliphatic carbocycles. The molecule has 2 nitrogen and oxygen atoms in total. The van der Waals surface area contributed by atoms with Gasteiger partial charge in [0.2, 0.25) is 0 Å². The minimum atomic E-state index is 0.0148. The molecule has 2 aliphatic rings. The number of carbonyl (C=O) groups is 1. The first kappa shape index (κ1) is 12.1. The fourth-order valence-electron chi connectivity index (χ4n) is 3.40. The molecule has 2 fully saturated rings. The molecule has 0 amide bonds. The van der Waals surface area contributed by atoms with E-state index >= 15 is 0 Å². The molecule has 0 N–H and O–H groups in total. The fourth-order valence-corrected chi connectivity index (χ4v) is 3.40. The van der Waals surface area contributed by atoms with Gasteiger partial charge in [-0.2, -0.15) is 0 Å². The zero-order chi connectivity index (χ0) is 11.4. The third kappa shape index (κ3) is 2.65. The monoisotopic (exact) mass is 223 g/mol. The van der Waals surface area contributed by atoms with Crippen molar-refractivity contribution in [3.8, 4) is 0 Å². The van der Waals surface area contributed by atoms with Crippen LogP contribution in [0.15, 0.2) is 0 Å². The van der Waals surface area contributed by atoms with E-state index in [0.29, 0.717) is 0 Å². The van der Waals surface area contributed by atoms with Gasteiger partial charge >= 0.3 is 0 Å². The van der Waals surface area contributed by atoms with Gasteiger partial charge in [0.05, 0.1) is 0 Å². The van der Waals surface area contributed by atoms with Gasteiger partial charge in [-0.15, -0.1) is 0 Å². The van der Waals surface area contributed by atoms with Crippen LogP contribution in [0.3, 0.4) is 0 Å². The maximum Gasteiger partial charge on any atom is 0.127 e. The van der Waals surface area contributed by atoms with Crippen molar-refractivity contribution in [2.75, 3.05) is 19.6 Å². The third-order valence-electron chi connectivity index (χ3n) is 4.59. The Bertz CT molecular complexity index is 233. The quantitative estimate of drug-likeness (QED) is 0.683. The van der Waals surface area contributed by atoms with Gasteiger partial charge in [0.25, 0.3) is 0 Å². The van der Waals surface area contributed by atoms with E-state index in [1.54, 1.807) is 0 Å². The fraction of sp³-hybridized carbons (Fsp3) is 0.929. The van der Waals surface area contributed by atoms with E-state index in [1.807, 2.05) is 0 Å². The maximum atomic E-state index is 11.4. The highest BCUT2D eigenvalue weighted by atomic mass is 16.1. The lowest BCUT2D eigenvalue weighted by Gasteiger charge is -2.35. The van der Waals surface area contributed by atoms with Crippen LogP contribution >= 0.6 is 0 Å². The Morgan fingerprint density at radius 3 is 2.62 bits per heavy atom. The van der Waals surface area contributed by atoms with Crippen molar-refractivity contribution >= 4 is 6.29 Å². The van der Waals surface area contributed by atoms with Crippen LogP contribution in [0.4, 0.5) is 0 Å². The standard InChI is InChI=1S/C14H25NO/c1-2-13-6-9-15(10-13)11-14(12-16)7-4-3-5-8-14/h12-13H,2-11H2,1H3. The normalized spacial score (nSPS) is 30.4. The molecule has 92 valence electrons. The summed E-state index contributed by atoms with van der Waals surface area (Å²) in [5, 5.41) is 0. The third-order valence-corrected chi connectivity index (χ3v) is 4.59. The summed E-state index contributed by atoms with van der Waals surface area (Å²) >= 11 is 0. The van der Waals surface area contributed by atoms with E-state index in [9.17, 15) is 4.79 Å². The zero-order valence-corrected chi connectivity index (χ0v) is 10.6. The van der Waals surface area contributed by atoms with Crippen LogP contribution in [0.5, 0.6) is 0 Å². The van der Waals surface area contributed by atoms with E-state index in [2.05, 4.69) is 11.8 Å². The Balaban J connectivity index is 1.89. The average Bonchev–Trinajstić information content (AvgIpc) is 2.78. The molecule has 0 aromatic heterocycles. The molecule has 1 heterocycles. The number of likely N-dealkylation sites (tertiary alicyclic amines) is 1. The maximum absolute atomic E-state index is 11.4. The van der Waals surface area contributed by atoms with Gasteiger partial charge in [0, 0.05) is 18.5 Å². The molecule has 0 bridgehead atoms. The van der Waals surface area contributed by atoms with Crippen LogP contribution in [-0.4, -0.2) is 30.8 Å². The molecule has 0 radical (unpaired) electrons. The predicted molar refractivity (Wildman–Crippen MR) is 66.4 cm³/mol. The number of nitrogens with zero attached hydrogens (tertiary/aromatic N) is 1. The Labute approximate surface area is 99.4 Å². The highest BCUT2D eigenvalue weighted by molar-refractivity contribution is 5.60. The Morgan fingerprint density at radius 2 is 2.06 bits per heavy atom. The molecule has 1 unspecified atom stereocenters. The molecule has 0 aromatic carbocycles. The van der Waals surface area contributed by atoms with Crippen molar-refractivity contribution in [3.05, 3.63) is 0 Å². The van der Waals surface area contributed by atoms with Crippen LogP contribution in [-0.2, 0) is 4.79 Å². The number of carbonyl (C=O) groups excluding carboxylic acids is 1. The van der Waals surface area contributed by atoms with Crippen molar-refractivity contribution in [2.45, 2.75) is 51.9 Å². The smallest absolute Gasteiger partial charge is 0.127 e. The lowest BCUT2D eigenvalue weighted by Crippen LogP contribution is -2.39. The molecule has 2 rings (SSSR count). The summed E-state index contributed by atoms with van der Waals surface area (Å²) in [5.41, 5.74) is 0.0148. The topological polar surface area (TPSA) is 20.3 Å². The van der Waals surface area contributed by atoms with E-state index in [-0.39, 0.29) is 5.41 Å². The minimum absolute atomic E-state index is 0.0148. The first-order valence-electron chi connectivity index (χ1n) is 6.97. The Kier molecular flexibility index (Phi) is 4.01. The minimum Gasteiger partial charge on any atom is -0.303 e. The summed E-state index contributed by atoms with van der Waals surface area (Å²) in [6.07, 6.45) is 10.00. The van der Waals surface area contributed by atoms with E-state index < -0.39 is 0 Å². The Hall–Kier alpha value is -0.370. The van der Waals surface area contributed by atoms with E-state index in [4.69, 9.17) is 0 Å². The zero-order valence-electron chi connectivity index (χ0n) is 10.6. The molecule has 1 saturated heterocycles. The van der Waals surface area contributed by atoms with Crippen LogP contribution < -0.4 is 0 Å². The summed E-state index contributed by atoms with van der Waals surface area (Å²) in [7, 11) is 0. The van der Waals surface area contributed by atoms with Crippen molar-refractivity contribution in [2.24, 2.45) is 11.3 Å². The SMILES string of the molecule is CCC1CCN(CC2(C=O)CCCCC2)C1. The van der Waals surface area contributed by atoms with Crippen molar-refractivity contribution < 1.29 is 4.79 Å². The van der Waals surface area contributed by atoms with Gasteiger partial charge in [0.15, 0.2) is 0 Å². The Morgan fingerprint density at radius 1 is 1.31 bits per heavy atom. The van der Waals surface area contributed by atoms with Gasteiger partial charge < -0.3 is 9.69 Å². The van der Waals surface area contributed by atoms with Gasteiger partial charge in [-0.05, 0) is 31.7 Å². The summed E-state index contributed by atoms with van der Waals surface area (Å²) in [6, 6.07) is 0. The van der Waals surface area contributed by atoms with Gasteiger partial charge in [-0.3, -0.25) is 0 Å². The first-order chi connectivity index (χ1) is 7.78. The molecule has 0 spiro atoms. The molecule has 2 heteroatoms. The van der Waals surface area contributed by atoms with Crippen molar-refractivity contribution in [3.63, 3.8) is 0 Å². The lowest BCUT2D eigenvalue weighted by atomic mass is 9.75. The number of rotatable bonds is 4. The highest BCUT2D eigenvalue weighted by Gasteiger charge is 2.35. The predicted octanol–water partition coefficient (Wildman–Crippen LogP) is 2.87. The summed E-state index contributed by atoms with van der Waals surface area (Å²) in [6.45, 7) is 5.76. The second kappa shape index (κ2) is 5.31. The van der Waals surface area contributed by atoms with E-state index in [0.717, 1.165) is 25.3 Å². The van der Waals surface area contributed by atoms with Gasteiger partial charge in [0.1, 0.15) is 6.29 Å². The van der Waals surface area contributed by atoms with Gasteiger partial charge in [-0.1, -0.05) is 32.6 Å². The first-order valence-corrected chi connectivity index (χ1v) is 6.97. The summed E-state index contributed by atoms with van der Waals surface area (Å²) in [4.78, 5) is 13.9. The highest BCUT2D eigenvalue weighted by Crippen LogP contribution is 2.36. The largest absolute Gasteiger partial charge is 0.303 e. The number of aldehydes is 1. The van der Waals surface area contributed by atoms with Crippen LogP contribution in [0.25, 0.3) is 0 Å². The van der Waals surface area contributed by atoms with Gasteiger partial charge in [-0.25, -0.2) is 0 Å². The van der Waals surface area contributed by atoms with Crippen LogP contribution in [0.1, 0.15) is 51.9 Å². The van der Waals surface area contributed by atoms with Crippen LogP contribution in [0, 0.1) is 11.3 Å². The lowest BCUT2D eigenvalue weighted by molar-refractivity contribution is -0.119. The van der Waals surface area contributed by atoms with Crippen LogP contribution in [0.2, 0.25) is 0 Å². The molecule has 1 aliphatic heterocycles. The summed E-state index contributed by atoms with van der Waals surface area (Å²) in [5.74, 6) is 0.882.